The highest BCUT2D eigenvalue weighted by molar-refractivity contribution is 5.98. The lowest BCUT2D eigenvalue weighted by atomic mass is 9.94. The van der Waals surface area contributed by atoms with Gasteiger partial charge in [-0.2, -0.15) is 13.2 Å². The fourth-order valence-corrected chi connectivity index (χ4v) is 5.22. The van der Waals surface area contributed by atoms with Gasteiger partial charge in [0.25, 0.3) is 5.91 Å². The minimum atomic E-state index is -5.15. The Morgan fingerprint density at radius 1 is 1.07 bits per heavy atom. The van der Waals surface area contributed by atoms with E-state index in [9.17, 15) is 32.3 Å². The van der Waals surface area contributed by atoms with E-state index >= 15 is 0 Å². The van der Waals surface area contributed by atoms with Crippen LogP contribution in [0.2, 0.25) is 0 Å². The molecule has 14 heteroatoms. The summed E-state index contributed by atoms with van der Waals surface area (Å²) in [5.41, 5.74) is 0.440. The first-order chi connectivity index (χ1) is 20.9. The number of methoxy groups -OCH3 is 1. The molecule has 0 saturated carbocycles. The summed E-state index contributed by atoms with van der Waals surface area (Å²) in [6.07, 6.45) is -1.62. The van der Waals surface area contributed by atoms with Gasteiger partial charge in [0.15, 0.2) is 5.78 Å². The topological polar surface area (TPSA) is 147 Å². The van der Waals surface area contributed by atoms with Gasteiger partial charge in [-0.25, -0.2) is 0 Å². The Bertz CT molecular complexity index is 1230. The summed E-state index contributed by atoms with van der Waals surface area (Å²) >= 11 is 0. The van der Waals surface area contributed by atoms with Gasteiger partial charge in [0, 0.05) is 19.5 Å². The van der Waals surface area contributed by atoms with E-state index in [1.807, 2.05) is 6.08 Å². The summed E-state index contributed by atoms with van der Waals surface area (Å²) < 4.78 is 58.0. The lowest BCUT2D eigenvalue weighted by Crippen LogP contribution is -2.60. The molecule has 0 spiro atoms. The van der Waals surface area contributed by atoms with E-state index < -0.39 is 53.7 Å². The largest absolute Gasteiger partial charge is 0.497 e. The van der Waals surface area contributed by atoms with Crippen LogP contribution in [0.15, 0.2) is 35.9 Å². The number of halogens is 3. The van der Waals surface area contributed by atoms with Crippen molar-refractivity contribution in [2.24, 2.45) is 0 Å². The molecule has 2 aliphatic heterocycles. The van der Waals surface area contributed by atoms with Crippen molar-refractivity contribution in [2.45, 2.75) is 81.5 Å². The molecule has 2 saturated heterocycles. The number of ketones is 1. The third-order valence-electron chi connectivity index (χ3n) is 7.88. The second-order valence-electron chi connectivity index (χ2n) is 11.5. The van der Waals surface area contributed by atoms with Crippen LogP contribution >= 0.6 is 0 Å². The average Bonchev–Trinajstić information content (AvgIpc) is 3.53. The molecule has 1 aromatic rings. The van der Waals surface area contributed by atoms with Crippen molar-refractivity contribution in [1.29, 1.82) is 0 Å². The lowest BCUT2D eigenvalue weighted by molar-refractivity contribution is -0.173. The molecule has 11 nitrogen and oxygen atoms in total. The number of carbonyl (C=O) groups excluding carboxylic acids is 4. The van der Waals surface area contributed by atoms with Gasteiger partial charge in [0.2, 0.25) is 17.9 Å². The Morgan fingerprint density at radius 3 is 2.34 bits per heavy atom. The minimum Gasteiger partial charge on any atom is -0.497 e. The number of benzene rings is 1. The van der Waals surface area contributed by atoms with Crippen molar-refractivity contribution in [1.82, 2.24) is 21.3 Å². The van der Waals surface area contributed by atoms with E-state index in [1.165, 1.54) is 7.11 Å². The van der Waals surface area contributed by atoms with E-state index in [2.05, 4.69) is 16.0 Å². The number of epoxide rings is 1. The maximum absolute atomic E-state index is 14.1. The van der Waals surface area contributed by atoms with Crippen LogP contribution in [0.25, 0.3) is 0 Å². The molecule has 242 valence electrons. The van der Waals surface area contributed by atoms with E-state index in [1.54, 1.807) is 36.5 Å². The zero-order valence-electron chi connectivity index (χ0n) is 24.8. The molecule has 1 unspecified atom stereocenters. The third-order valence-corrected chi connectivity index (χ3v) is 7.88. The molecule has 0 bridgehead atoms. The van der Waals surface area contributed by atoms with E-state index in [4.69, 9.17) is 14.2 Å². The van der Waals surface area contributed by atoms with Crippen LogP contribution in [0.5, 0.6) is 5.75 Å². The van der Waals surface area contributed by atoms with Crippen LogP contribution in [-0.4, -0.2) is 92.9 Å². The fourth-order valence-electron chi connectivity index (χ4n) is 5.22. The number of allylic oxidation sites excluding steroid dienone is 1. The molecule has 3 amide bonds. The van der Waals surface area contributed by atoms with Gasteiger partial charge in [-0.3, -0.25) is 19.2 Å². The maximum atomic E-state index is 14.1. The predicted molar refractivity (Wildman–Crippen MR) is 152 cm³/mol. The molecule has 2 heterocycles. The Kier molecular flexibility index (Phi) is 11.0. The Hall–Kier alpha value is -3.49. The number of amides is 3. The molecule has 5 atom stereocenters. The van der Waals surface area contributed by atoms with E-state index in [0.717, 1.165) is 24.8 Å². The first-order valence-corrected chi connectivity index (χ1v) is 14.7. The molecular weight excluding hydrogens is 585 g/mol. The molecule has 1 aliphatic carbocycles. The molecule has 0 radical (unpaired) electrons. The highest BCUT2D eigenvalue weighted by atomic mass is 19.4. The Balaban J connectivity index is 1.52. The number of hydrogen-bond acceptors (Lipinski definition) is 8. The molecule has 1 aromatic carbocycles. The second kappa shape index (κ2) is 14.5. The van der Waals surface area contributed by atoms with Gasteiger partial charge >= 0.3 is 6.18 Å². The summed E-state index contributed by atoms with van der Waals surface area (Å²) in [7, 11) is 1.47. The molecule has 0 aromatic heterocycles. The molecule has 4 rings (SSSR count). The summed E-state index contributed by atoms with van der Waals surface area (Å²) in [4.78, 5) is 52.5. The monoisotopic (exact) mass is 624 g/mol. The van der Waals surface area contributed by atoms with Crippen LogP contribution < -0.4 is 26.0 Å². The number of carbonyl (C=O) groups is 4. The van der Waals surface area contributed by atoms with Gasteiger partial charge in [-0.05, 0) is 50.3 Å². The summed E-state index contributed by atoms with van der Waals surface area (Å²) in [6.45, 7) is 2.94. The van der Waals surface area contributed by atoms with E-state index in [0.29, 0.717) is 24.5 Å². The number of Topliss-reactive ketones (excluding diaryl/α,β-unsaturated/α-hetero) is 1. The first-order valence-electron chi connectivity index (χ1n) is 14.7. The highest BCUT2D eigenvalue weighted by Gasteiger charge is 2.51. The van der Waals surface area contributed by atoms with Crippen LogP contribution in [0.3, 0.4) is 0 Å². The Labute approximate surface area is 253 Å². The summed E-state index contributed by atoms with van der Waals surface area (Å²) in [5, 5.41) is 9.59. The fraction of sp³-hybridized carbons (Fsp3) is 0.600. The standard InChI is InChI=1S/C30H39F3N4O7/c1-29(17-44-29)26(39)22(13-18-5-3-4-6-18)35-27(40)23(14-19-7-9-20(42-2)10-8-19)36-28(41)25(30(31,32)33)37-24(38)15-21-16-34-11-12-43-21/h5,7-10,21-23,25,34H,3-4,6,11-17H2,1-2H3,(H,35,40)(H,36,41)(H,37,38)/t21?,22-,23-,25+,29+/m0/s1. The molecule has 4 N–H and O–H groups in total. The number of morpholine rings is 1. The van der Waals surface area contributed by atoms with Gasteiger partial charge < -0.3 is 35.5 Å². The van der Waals surface area contributed by atoms with Crippen molar-refractivity contribution < 1.29 is 46.6 Å². The minimum absolute atomic E-state index is 0.193. The van der Waals surface area contributed by atoms with Gasteiger partial charge in [0.05, 0.1) is 38.9 Å². The molecule has 44 heavy (non-hydrogen) atoms. The number of hydrogen-bond donors (Lipinski definition) is 4. The third kappa shape index (κ3) is 9.26. The van der Waals surface area contributed by atoms with E-state index in [-0.39, 0.29) is 38.2 Å². The Morgan fingerprint density at radius 2 is 1.77 bits per heavy atom. The SMILES string of the molecule is COc1ccc(C[C@H](NC(=O)[C@@H](NC(=O)CC2CNCCO2)C(F)(F)F)C(=O)N[C@@H](CC2=CCCC2)C(=O)[C@@]2(C)CO2)cc1. The van der Waals surface area contributed by atoms with Gasteiger partial charge in [-0.1, -0.05) is 23.8 Å². The van der Waals surface area contributed by atoms with Crippen LogP contribution in [0.4, 0.5) is 13.2 Å². The zero-order valence-corrected chi connectivity index (χ0v) is 24.8. The maximum Gasteiger partial charge on any atom is 0.417 e. The number of alkyl halides is 3. The first kappa shape index (κ1) is 33.4. The summed E-state index contributed by atoms with van der Waals surface area (Å²) in [5.74, 6) is -3.32. The molecular formula is C30H39F3N4O7. The van der Waals surface area contributed by atoms with Crippen molar-refractivity contribution in [3.8, 4) is 5.75 Å². The quantitative estimate of drug-likeness (QED) is 0.180. The predicted octanol–water partition coefficient (Wildman–Crippen LogP) is 1.49. The van der Waals surface area contributed by atoms with Crippen LogP contribution in [-0.2, 0) is 35.1 Å². The number of ether oxygens (including phenoxy) is 3. The highest BCUT2D eigenvalue weighted by Crippen LogP contribution is 2.31. The lowest BCUT2D eigenvalue weighted by Gasteiger charge is -2.28. The van der Waals surface area contributed by atoms with Crippen molar-refractivity contribution in [3.05, 3.63) is 41.5 Å². The number of nitrogens with one attached hydrogen (secondary N) is 4. The second-order valence-corrected chi connectivity index (χ2v) is 11.5. The van der Waals surface area contributed by atoms with Crippen molar-refractivity contribution in [2.75, 3.05) is 33.4 Å². The van der Waals surface area contributed by atoms with Crippen molar-refractivity contribution >= 4 is 23.5 Å². The zero-order chi connectivity index (χ0) is 31.9. The van der Waals surface area contributed by atoms with Crippen LogP contribution in [0.1, 0.15) is 44.6 Å². The molecule has 3 aliphatic rings. The number of rotatable bonds is 14. The normalized spacial score (nSPS) is 23.5. The smallest absolute Gasteiger partial charge is 0.417 e. The van der Waals surface area contributed by atoms with Gasteiger partial charge in [-0.15, -0.1) is 0 Å². The van der Waals surface area contributed by atoms with Crippen molar-refractivity contribution in [3.63, 3.8) is 0 Å². The summed E-state index contributed by atoms with van der Waals surface area (Å²) in [6, 6.07) is 1.00. The van der Waals surface area contributed by atoms with Crippen LogP contribution in [0, 0.1) is 0 Å². The average molecular weight is 625 g/mol. The van der Waals surface area contributed by atoms with Gasteiger partial charge in [0.1, 0.15) is 17.4 Å². The molecule has 2 fully saturated rings.